The van der Waals surface area contributed by atoms with Crippen LogP contribution in [0.25, 0.3) is 0 Å². The fourth-order valence-electron chi connectivity index (χ4n) is 3.86. The minimum absolute atomic E-state index is 0.0306. The topological polar surface area (TPSA) is 38.3 Å². The number of ether oxygens (including phenoxy) is 1. The molecule has 3 rings (SSSR count). The molecule has 3 nitrogen and oxygen atoms in total. The summed E-state index contributed by atoms with van der Waals surface area (Å²) in [6.45, 7) is 6.17. The largest absolute Gasteiger partial charge is 0.490 e. The SMILES string of the molecule is CC[C@H](C)Oc1ccc(NC(=O)C2(c3ccccc3Cl)CCCC2)cc1C. The lowest BCUT2D eigenvalue weighted by atomic mass is 9.78. The van der Waals surface area contributed by atoms with E-state index in [4.69, 9.17) is 16.3 Å². The molecule has 0 aliphatic heterocycles. The molecule has 1 amide bonds. The fraction of sp³-hybridized carbons (Fsp3) is 0.435. The summed E-state index contributed by atoms with van der Waals surface area (Å²) in [5.74, 6) is 0.895. The summed E-state index contributed by atoms with van der Waals surface area (Å²) in [5.41, 5.74) is 2.21. The van der Waals surface area contributed by atoms with Gasteiger partial charge in [0.1, 0.15) is 5.75 Å². The van der Waals surface area contributed by atoms with Crippen molar-refractivity contribution >= 4 is 23.2 Å². The predicted octanol–water partition coefficient (Wildman–Crippen LogP) is 6.28. The van der Waals surface area contributed by atoms with Gasteiger partial charge in [0.05, 0.1) is 11.5 Å². The normalized spacial score (nSPS) is 16.7. The molecule has 2 aromatic carbocycles. The quantitative estimate of drug-likeness (QED) is 0.635. The second-order valence-electron chi connectivity index (χ2n) is 7.54. The molecule has 0 heterocycles. The van der Waals surface area contributed by atoms with Crippen LogP contribution < -0.4 is 10.1 Å². The molecule has 1 atom stereocenters. The molecule has 1 N–H and O–H groups in total. The molecule has 4 heteroatoms. The molecule has 1 aliphatic carbocycles. The van der Waals surface area contributed by atoms with Crippen LogP contribution in [0.1, 0.15) is 57.1 Å². The summed E-state index contributed by atoms with van der Waals surface area (Å²) in [7, 11) is 0. The second-order valence-corrected chi connectivity index (χ2v) is 7.95. The van der Waals surface area contributed by atoms with Gasteiger partial charge in [-0.2, -0.15) is 0 Å². The predicted molar refractivity (Wildman–Crippen MR) is 112 cm³/mol. The van der Waals surface area contributed by atoms with Crippen molar-refractivity contribution in [3.63, 3.8) is 0 Å². The molecule has 2 aromatic rings. The highest BCUT2D eigenvalue weighted by Crippen LogP contribution is 2.44. The monoisotopic (exact) mass is 385 g/mol. The number of anilines is 1. The number of rotatable bonds is 6. The maximum atomic E-state index is 13.3. The highest BCUT2D eigenvalue weighted by atomic mass is 35.5. The first-order chi connectivity index (χ1) is 13.0. The van der Waals surface area contributed by atoms with Crippen molar-refractivity contribution in [3.8, 4) is 5.75 Å². The van der Waals surface area contributed by atoms with Crippen molar-refractivity contribution in [1.82, 2.24) is 0 Å². The molecule has 0 radical (unpaired) electrons. The number of halogens is 1. The van der Waals surface area contributed by atoms with E-state index in [1.54, 1.807) is 0 Å². The van der Waals surface area contributed by atoms with Crippen molar-refractivity contribution in [2.45, 2.75) is 64.4 Å². The van der Waals surface area contributed by atoms with Crippen LogP contribution in [0.5, 0.6) is 5.75 Å². The van der Waals surface area contributed by atoms with E-state index in [9.17, 15) is 4.79 Å². The van der Waals surface area contributed by atoms with Gasteiger partial charge in [0.25, 0.3) is 0 Å². The number of hydrogen-bond donors (Lipinski definition) is 1. The number of carbonyl (C=O) groups is 1. The van der Waals surface area contributed by atoms with E-state index in [1.807, 2.05) is 49.4 Å². The standard InChI is InChI=1S/C23H28ClNO2/c1-4-17(3)27-21-12-11-18(15-16(21)2)25-22(26)23(13-7-8-14-23)19-9-5-6-10-20(19)24/h5-6,9-12,15,17H,4,7-8,13-14H2,1-3H3,(H,25,26)/t17-/m0/s1. The number of hydrogen-bond acceptors (Lipinski definition) is 2. The lowest BCUT2D eigenvalue weighted by molar-refractivity contribution is -0.121. The Morgan fingerprint density at radius 2 is 1.93 bits per heavy atom. The number of aryl methyl sites for hydroxylation is 1. The molecule has 0 unspecified atom stereocenters. The van der Waals surface area contributed by atoms with Crippen LogP contribution in [-0.4, -0.2) is 12.0 Å². The Morgan fingerprint density at radius 1 is 1.22 bits per heavy atom. The van der Waals surface area contributed by atoms with Crippen LogP contribution in [0.2, 0.25) is 5.02 Å². The van der Waals surface area contributed by atoms with Crippen molar-refractivity contribution in [2.24, 2.45) is 0 Å². The lowest BCUT2D eigenvalue weighted by Crippen LogP contribution is -2.38. The minimum Gasteiger partial charge on any atom is -0.490 e. The summed E-state index contributed by atoms with van der Waals surface area (Å²) in [4.78, 5) is 13.3. The summed E-state index contributed by atoms with van der Waals surface area (Å²) >= 11 is 6.45. The fourth-order valence-corrected chi connectivity index (χ4v) is 4.17. The van der Waals surface area contributed by atoms with Crippen molar-refractivity contribution in [2.75, 3.05) is 5.32 Å². The maximum Gasteiger partial charge on any atom is 0.235 e. The first kappa shape index (κ1) is 19.8. The van der Waals surface area contributed by atoms with Crippen molar-refractivity contribution in [1.29, 1.82) is 0 Å². The van der Waals surface area contributed by atoms with Gasteiger partial charge in [0.2, 0.25) is 5.91 Å². The van der Waals surface area contributed by atoms with E-state index in [-0.39, 0.29) is 12.0 Å². The molecule has 1 saturated carbocycles. The van der Waals surface area contributed by atoms with Gasteiger partial charge in [-0.25, -0.2) is 0 Å². The van der Waals surface area contributed by atoms with Gasteiger partial charge in [-0.05, 0) is 68.5 Å². The molecule has 0 saturated heterocycles. The van der Waals surface area contributed by atoms with Gasteiger partial charge in [0, 0.05) is 10.7 Å². The second kappa shape index (κ2) is 8.35. The molecule has 1 fully saturated rings. The van der Waals surface area contributed by atoms with Crippen LogP contribution in [0.15, 0.2) is 42.5 Å². The highest BCUT2D eigenvalue weighted by Gasteiger charge is 2.43. The summed E-state index contributed by atoms with van der Waals surface area (Å²) in [6, 6.07) is 13.6. The van der Waals surface area contributed by atoms with Gasteiger partial charge in [-0.1, -0.05) is 49.6 Å². The summed E-state index contributed by atoms with van der Waals surface area (Å²) < 4.78 is 5.93. The third kappa shape index (κ3) is 4.14. The van der Waals surface area contributed by atoms with Crippen LogP contribution in [-0.2, 0) is 10.2 Å². The van der Waals surface area contributed by atoms with E-state index >= 15 is 0 Å². The Bertz CT molecular complexity index is 812. The average molecular weight is 386 g/mol. The molecule has 0 aromatic heterocycles. The number of carbonyl (C=O) groups excluding carboxylic acids is 1. The smallest absolute Gasteiger partial charge is 0.235 e. The number of amides is 1. The van der Waals surface area contributed by atoms with Crippen LogP contribution in [0.3, 0.4) is 0 Å². The Labute approximate surface area is 167 Å². The Balaban J connectivity index is 1.83. The summed E-state index contributed by atoms with van der Waals surface area (Å²) in [5, 5.41) is 3.80. The van der Waals surface area contributed by atoms with Gasteiger partial charge in [-0.15, -0.1) is 0 Å². The third-order valence-corrected chi connectivity index (χ3v) is 5.95. The molecule has 0 spiro atoms. The minimum atomic E-state index is -0.544. The van der Waals surface area contributed by atoms with Gasteiger partial charge in [-0.3, -0.25) is 4.79 Å². The van der Waals surface area contributed by atoms with Crippen LogP contribution >= 0.6 is 11.6 Å². The maximum absolute atomic E-state index is 13.3. The zero-order chi connectivity index (χ0) is 19.4. The van der Waals surface area contributed by atoms with Crippen molar-refractivity contribution < 1.29 is 9.53 Å². The van der Waals surface area contributed by atoms with Gasteiger partial charge < -0.3 is 10.1 Å². The molecular weight excluding hydrogens is 358 g/mol. The molecular formula is C23H28ClNO2. The summed E-state index contributed by atoms with van der Waals surface area (Å²) in [6.07, 6.45) is 4.87. The zero-order valence-electron chi connectivity index (χ0n) is 16.3. The van der Waals surface area contributed by atoms with Gasteiger partial charge in [0.15, 0.2) is 0 Å². The van der Waals surface area contributed by atoms with Crippen LogP contribution in [0.4, 0.5) is 5.69 Å². The van der Waals surface area contributed by atoms with E-state index in [0.717, 1.165) is 54.7 Å². The van der Waals surface area contributed by atoms with Gasteiger partial charge >= 0.3 is 0 Å². The first-order valence-corrected chi connectivity index (χ1v) is 10.2. The Hall–Kier alpha value is -2.00. The number of benzene rings is 2. The average Bonchev–Trinajstić information content (AvgIpc) is 3.15. The van der Waals surface area contributed by atoms with Crippen LogP contribution in [0, 0.1) is 6.92 Å². The van der Waals surface area contributed by atoms with E-state index in [1.165, 1.54) is 0 Å². The highest BCUT2D eigenvalue weighted by molar-refractivity contribution is 6.31. The van der Waals surface area contributed by atoms with E-state index in [2.05, 4.69) is 19.2 Å². The number of nitrogens with one attached hydrogen (secondary N) is 1. The third-order valence-electron chi connectivity index (χ3n) is 5.62. The Morgan fingerprint density at radius 3 is 2.56 bits per heavy atom. The lowest BCUT2D eigenvalue weighted by Gasteiger charge is -2.29. The molecule has 27 heavy (non-hydrogen) atoms. The first-order valence-electron chi connectivity index (χ1n) is 9.80. The Kier molecular flexibility index (Phi) is 6.11. The van der Waals surface area contributed by atoms with E-state index < -0.39 is 5.41 Å². The zero-order valence-corrected chi connectivity index (χ0v) is 17.1. The molecule has 1 aliphatic rings. The van der Waals surface area contributed by atoms with Crippen molar-refractivity contribution in [3.05, 3.63) is 58.6 Å². The molecule has 0 bridgehead atoms. The van der Waals surface area contributed by atoms with E-state index in [0.29, 0.717) is 5.02 Å². The molecule has 144 valence electrons.